The number of nitrogens with one attached hydrogen (secondary N) is 1. The fourth-order valence-electron chi connectivity index (χ4n) is 4.22. The molecule has 0 radical (unpaired) electrons. The normalized spacial score (nSPS) is 14.5. The summed E-state index contributed by atoms with van der Waals surface area (Å²) in [6.07, 6.45) is -1.61. The quantitative estimate of drug-likeness (QED) is 0.278. The Hall–Kier alpha value is -4.01. The van der Waals surface area contributed by atoms with Gasteiger partial charge in [0.1, 0.15) is 5.71 Å². The molecule has 2 N–H and O–H groups in total. The van der Waals surface area contributed by atoms with E-state index in [2.05, 4.69) is 10.5 Å². The number of furan rings is 1. The van der Waals surface area contributed by atoms with Crippen molar-refractivity contribution in [1.82, 2.24) is 9.99 Å². The number of carbonyl (C=O) groups is 1. The van der Waals surface area contributed by atoms with Crippen molar-refractivity contribution in [1.29, 1.82) is 0 Å². The van der Waals surface area contributed by atoms with Crippen LogP contribution in [0.4, 0.5) is 13.2 Å². The summed E-state index contributed by atoms with van der Waals surface area (Å²) in [5, 5.41) is 16.0. The van der Waals surface area contributed by atoms with E-state index in [1.54, 1.807) is 24.3 Å². The number of aryl methyl sites for hydroxylation is 2. The third kappa shape index (κ3) is 4.29. The van der Waals surface area contributed by atoms with Crippen molar-refractivity contribution in [2.75, 3.05) is 0 Å². The van der Waals surface area contributed by atoms with Crippen LogP contribution in [0.3, 0.4) is 0 Å². The minimum Gasteiger partial charge on any atom is -0.494 e. The van der Waals surface area contributed by atoms with Gasteiger partial charge >= 0.3 is 6.18 Å². The molecule has 0 spiro atoms. The van der Waals surface area contributed by atoms with Crippen LogP contribution in [0.2, 0.25) is 0 Å². The highest BCUT2D eigenvalue weighted by molar-refractivity contribution is 6.20. The van der Waals surface area contributed by atoms with Gasteiger partial charge in [-0.25, -0.2) is 5.43 Å². The maximum absolute atomic E-state index is 13.6. The smallest absolute Gasteiger partial charge is 0.416 e. The van der Waals surface area contributed by atoms with Gasteiger partial charge in [0.05, 0.1) is 22.9 Å². The van der Waals surface area contributed by atoms with E-state index in [0.717, 1.165) is 36.1 Å². The Morgan fingerprint density at radius 1 is 1.11 bits per heavy atom. The largest absolute Gasteiger partial charge is 0.494 e. The van der Waals surface area contributed by atoms with E-state index >= 15 is 0 Å². The number of carbonyl (C=O) groups excluding carboxylic acids is 1. The molecule has 6 nitrogen and oxygen atoms in total. The molecule has 1 amide bonds. The van der Waals surface area contributed by atoms with Crippen LogP contribution in [0.5, 0.6) is 5.88 Å². The van der Waals surface area contributed by atoms with Gasteiger partial charge in [-0.15, -0.1) is 0 Å². The zero-order valence-electron chi connectivity index (χ0n) is 19.0. The van der Waals surface area contributed by atoms with Crippen molar-refractivity contribution >= 4 is 22.5 Å². The molecule has 0 atom stereocenters. The molecular formula is C26H22F3N3O3. The Morgan fingerprint density at radius 3 is 2.43 bits per heavy atom. The second-order valence-corrected chi connectivity index (χ2v) is 8.80. The number of aromatic nitrogens is 1. The number of amides is 1. The Balaban J connectivity index is 1.79. The van der Waals surface area contributed by atoms with E-state index in [1.165, 1.54) is 16.9 Å². The lowest BCUT2D eigenvalue weighted by Gasteiger charge is -2.11. The van der Waals surface area contributed by atoms with Gasteiger partial charge in [-0.3, -0.25) is 9.36 Å². The van der Waals surface area contributed by atoms with Crippen LogP contribution in [0.25, 0.3) is 16.6 Å². The number of fused-ring (bicyclic) bond motifs is 1. The fourth-order valence-corrected chi connectivity index (χ4v) is 4.22. The molecule has 1 fully saturated rings. The number of aromatic hydroxyl groups is 1. The highest BCUT2D eigenvalue weighted by Gasteiger charge is 2.33. The molecule has 180 valence electrons. The van der Waals surface area contributed by atoms with Gasteiger partial charge in [-0.05, 0) is 74.2 Å². The lowest BCUT2D eigenvalue weighted by molar-refractivity contribution is -0.137. The van der Waals surface area contributed by atoms with Gasteiger partial charge in [-0.1, -0.05) is 12.1 Å². The summed E-state index contributed by atoms with van der Waals surface area (Å²) in [5.74, 6) is -0.446. The van der Waals surface area contributed by atoms with Gasteiger partial charge < -0.3 is 9.52 Å². The number of hydrogen-bond acceptors (Lipinski definition) is 4. The molecule has 4 aromatic rings. The van der Waals surface area contributed by atoms with Crippen molar-refractivity contribution < 1.29 is 27.5 Å². The SMILES string of the molecule is Cc1cc(C)cc(-n2c(O)c(/C(=N/NC(=O)C3CC3)c3ccco3)c3ccc(C(F)(F)F)cc32)c1. The molecule has 0 saturated heterocycles. The minimum absolute atomic E-state index is 0.106. The van der Waals surface area contributed by atoms with Gasteiger partial charge in [0.2, 0.25) is 11.8 Å². The standard InChI is InChI=1S/C26H22F3N3O3/c1-14-10-15(2)12-18(11-14)32-20-13-17(26(27,28)29)7-8-19(20)22(25(32)34)23(21-4-3-9-35-21)30-31-24(33)16-5-6-16/h3-4,7-13,16,34H,5-6H2,1-2H3,(H,31,33)/b30-23+. The molecule has 0 aliphatic heterocycles. The lowest BCUT2D eigenvalue weighted by atomic mass is 10.0. The number of nitrogens with zero attached hydrogens (tertiary/aromatic N) is 2. The van der Waals surface area contributed by atoms with E-state index in [9.17, 15) is 23.1 Å². The number of halogens is 3. The van der Waals surface area contributed by atoms with E-state index in [-0.39, 0.29) is 40.3 Å². The molecule has 1 aliphatic rings. The van der Waals surface area contributed by atoms with E-state index < -0.39 is 11.7 Å². The first-order valence-electron chi connectivity index (χ1n) is 11.1. The molecule has 35 heavy (non-hydrogen) atoms. The predicted molar refractivity (Wildman–Crippen MR) is 125 cm³/mol. The molecule has 2 heterocycles. The van der Waals surface area contributed by atoms with Crippen LogP contribution >= 0.6 is 0 Å². The third-order valence-electron chi connectivity index (χ3n) is 5.95. The Kier molecular flexibility index (Phi) is 5.42. The third-order valence-corrected chi connectivity index (χ3v) is 5.95. The van der Waals surface area contributed by atoms with Crippen LogP contribution in [-0.2, 0) is 11.0 Å². The summed E-state index contributed by atoms with van der Waals surface area (Å²) in [5.41, 5.74) is 4.33. The van der Waals surface area contributed by atoms with E-state index in [0.29, 0.717) is 11.1 Å². The van der Waals surface area contributed by atoms with Crippen molar-refractivity contribution in [2.24, 2.45) is 11.0 Å². The topological polar surface area (TPSA) is 79.8 Å². The minimum atomic E-state index is -4.57. The Morgan fingerprint density at radius 2 is 1.83 bits per heavy atom. The van der Waals surface area contributed by atoms with Crippen LogP contribution in [0, 0.1) is 19.8 Å². The molecule has 2 aromatic carbocycles. The molecule has 9 heteroatoms. The molecule has 5 rings (SSSR count). The first-order chi connectivity index (χ1) is 16.6. The summed E-state index contributed by atoms with van der Waals surface area (Å²) in [6.45, 7) is 3.73. The summed E-state index contributed by atoms with van der Waals surface area (Å²) in [6, 6.07) is 12.0. The zero-order valence-corrected chi connectivity index (χ0v) is 19.0. The van der Waals surface area contributed by atoms with Crippen LogP contribution in [0.15, 0.2) is 64.3 Å². The molecular weight excluding hydrogens is 459 g/mol. The van der Waals surface area contributed by atoms with Crippen molar-refractivity contribution in [2.45, 2.75) is 32.9 Å². The molecule has 0 bridgehead atoms. The van der Waals surface area contributed by atoms with Crippen molar-refractivity contribution in [3.63, 3.8) is 0 Å². The van der Waals surface area contributed by atoms with Gasteiger partial charge in [0.25, 0.3) is 0 Å². The number of rotatable bonds is 5. The van der Waals surface area contributed by atoms with Crippen LogP contribution in [0.1, 0.15) is 40.9 Å². The summed E-state index contributed by atoms with van der Waals surface area (Å²) < 4.78 is 47.7. The average molecular weight is 481 g/mol. The van der Waals surface area contributed by atoms with Crippen molar-refractivity contribution in [3.8, 4) is 11.6 Å². The fraction of sp³-hybridized carbons (Fsp3) is 0.231. The Labute approximate surface area is 198 Å². The van der Waals surface area contributed by atoms with Gasteiger partial charge in [-0.2, -0.15) is 18.3 Å². The van der Waals surface area contributed by atoms with Crippen molar-refractivity contribution in [3.05, 3.63) is 82.8 Å². The number of hydrogen-bond donors (Lipinski definition) is 2. The number of benzene rings is 2. The highest BCUT2D eigenvalue weighted by Crippen LogP contribution is 2.40. The summed E-state index contributed by atoms with van der Waals surface area (Å²) in [7, 11) is 0. The van der Waals surface area contributed by atoms with E-state index in [4.69, 9.17) is 4.42 Å². The first kappa shape index (κ1) is 22.8. The molecule has 1 saturated carbocycles. The second-order valence-electron chi connectivity index (χ2n) is 8.80. The van der Waals surface area contributed by atoms with Gasteiger partial charge in [0, 0.05) is 17.0 Å². The lowest BCUT2D eigenvalue weighted by Crippen LogP contribution is -2.21. The van der Waals surface area contributed by atoms with Crippen LogP contribution < -0.4 is 5.43 Å². The zero-order chi connectivity index (χ0) is 24.9. The number of alkyl halides is 3. The maximum atomic E-state index is 13.6. The maximum Gasteiger partial charge on any atom is 0.416 e. The second kappa shape index (κ2) is 8.33. The summed E-state index contributed by atoms with van der Waals surface area (Å²) in [4.78, 5) is 12.3. The average Bonchev–Trinajstić information content (AvgIpc) is 3.42. The molecule has 0 unspecified atom stereocenters. The molecule has 2 aromatic heterocycles. The van der Waals surface area contributed by atoms with E-state index in [1.807, 2.05) is 19.9 Å². The van der Waals surface area contributed by atoms with Crippen LogP contribution in [-0.4, -0.2) is 21.3 Å². The summed E-state index contributed by atoms with van der Waals surface area (Å²) >= 11 is 0. The first-order valence-corrected chi connectivity index (χ1v) is 11.1. The van der Waals surface area contributed by atoms with Gasteiger partial charge in [0.15, 0.2) is 5.76 Å². The Bertz CT molecular complexity index is 1440. The monoisotopic (exact) mass is 481 g/mol. The predicted octanol–water partition coefficient (Wildman–Crippen LogP) is 5.84. The highest BCUT2D eigenvalue weighted by atomic mass is 19.4. The molecule has 1 aliphatic carbocycles. The number of hydrazone groups is 1.